The Bertz CT molecular complexity index is 548. The molecule has 0 aromatic rings. The van der Waals surface area contributed by atoms with E-state index in [1.54, 1.807) is 0 Å². The van der Waals surface area contributed by atoms with Crippen LogP contribution in [0.25, 0.3) is 0 Å². The molecule has 0 saturated carbocycles. The molecule has 23 heavy (non-hydrogen) atoms. The Morgan fingerprint density at radius 1 is 1.17 bits per heavy atom. The van der Waals surface area contributed by atoms with Gasteiger partial charge in [-0.15, -0.1) is 0 Å². The number of oxime groups is 1. The molecule has 11 heteroatoms. The van der Waals surface area contributed by atoms with Gasteiger partial charge in [-0.05, 0) is 6.92 Å². The predicted molar refractivity (Wildman–Crippen MR) is 77.1 cm³/mol. The highest BCUT2D eigenvalue weighted by Crippen LogP contribution is 2.25. The van der Waals surface area contributed by atoms with E-state index in [0.717, 1.165) is 4.90 Å². The van der Waals surface area contributed by atoms with E-state index in [2.05, 4.69) is 9.99 Å². The average molecular weight is 329 g/mol. The van der Waals surface area contributed by atoms with Gasteiger partial charge in [0.2, 0.25) is 0 Å². The van der Waals surface area contributed by atoms with Gasteiger partial charge in [0.15, 0.2) is 0 Å². The molecule has 1 aliphatic rings. The second-order valence-electron chi connectivity index (χ2n) is 4.96. The largest absolute Gasteiger partial charge is 0.399 e. The molecule has 1 heterocycles. The zero-order chi connectivity index (χ0) is 17.9. The molecule has 0 atom stereocenters. The minimum Gasteiger partial charge on any atom is -0.399 e. The summed E-state index contributed by atoms with van der Waals surface area (Å²) in [5, 5.41) is 3.56. The lowest BCUT2D eigenvalue weighted by Crippen LogP contribution is -2.72. The Balaban J connectivity index is 3.36. The monoisotopic (exact) mass is 329 g/mol. The van der Waals surface area contributed by atoms with Crippen LogP contribution in [0, 0.1) is 0 Å². The van der Waals surface area contributed by atoms with Crippen LogP contribution in [-0.2, 0) is 19.3 Å². The van der Waals surface area contributed by atoms with Crippen LogP contribution in [0.5, 0.6) is 0 Å². The number of hydroxylamine groups is 1. The van der Waals surface area contributed by atoms with Gasteiger partial charge in [0, 0.05) is 28.2 Å². The van der Waals surface area contributed by atoms with Crippen LogP contribution in [0.4, 0.5) is 9.59 Å². The summed E-state index contributed by atoms with van der Waals surface area (Å²) in [5.41, 5.74) is -0.522. The number of nitrogens with one attached hydrogen (secondary N) is 1. The third kappa shape index (κ3) is 2.95. The van der Waals surface area contributed by atoms with Crippen molar-refractivity contribution >= 4 is 29.6 Å². The molecular formula is C12H19N5O6. The van der Waals surface area contributed by atoms with E-state index in [0.29, 0.717) is 9.80 Å². The van der Waals surface area contributed by atoms with Crippen LogP contribution in [0.1, 0.15) is 6.92 Å². The first kappa shape index (κ1) is 18.4. The standard InChI is InChI=1S/C12H19N5O6/c1-7(13-22-6)12(23-14-10(20)15(2)3)8(18)16(4)11(21)17(5)9(12)19/h1-6H3,(H,14,20)/b13-7+. The lowest BCUT2D eigenvalue weighted by molar-refractivity contribution is -0.171. The molecule has 1 N–H and O–H groups in total. The Morgan fingerprint density at radius 2 is 1.65 bits per heavy atom. The summed E-state index contributed by atoms with van der Waals surface area (Å²) in [6, 6.07) is -1.54. The highest BCUT2D eigenvalue weighted by Gasteiger charge is 2.60. The van der Waals surface area contributed by atoms with Gasteiger partial charge in [0.1, 0.15) is 12.8 Å². The Hall–Kier alpha value is -2.69. The Kier molecular flexibility index (Phi) is 5.27. The Labute approximate surface area is 132 Å². The van der Waals surface area contributed by atoms with Crippen LogP contribution < -0.4 is 5.48 Å². The number of amides is 6. The maximum Gasteiger partial charge on any atom is 0.340 e. The lowest BCUT2D eigenvalue weighted by atomic mass is 9.93. The zero-order valence-corrected chi connectivity index (χ0v) is 13.7. The van der Waals surface area contributed by atoms with Crippen molar-refractivity contribution < 1.29 is 28.9 Å². The summed E-state index contributed by atoms with van der Waals surface area (Å²) in [5.74, 6) is -1.99. The van der Waals surface area contributed by atoms with Crippen molar-refractivity contribution in [3.63, 3.8) is 0 Å². The second-order valence-corrected chi connectivity index (χ2v) is 4.96. The fourth-order valence-corrected chi connectivity index (χ4v) is 1.85. The molecule has 1 aliphatic heterocycles. The summed E-state index contributed by atoms with van der Waals surface area (Å²) in [4.78, 5) is 60.8. The molecular weight excluding hydrogens is 310 g/mol. The first-order valence-corrected chi connectivity index (χ1v) is 6.45. The zero-order valence-electron chi connectivity index (χ0n) is 13.7. The summed E-state index contributed by atoms with van der Waals surface area (Å²) >= 11 is 0. The molecule has 6 amide bonds. The summed E-state index contributed by atoms with van der Waals surface area (Å²) in [6.07, 6.45) is 0. The van der Waals surface area contributed by atoms with Crippen molar-refractivity contribution in [3.05, 3.63) is 0 Å². The molecule has 0 aliphatic carbocycles. The highest BCUT2D eigenvalue weighted by atomic mass is 16.7. The highest BCUT2D eigenvalue weighted by molar-refractivity contribution is 6.34. The van der Waals surface area contributed by atoms with Gasteiger partial charge < -0.3 is 9.74 Å². The number of carbonyl (C=O) groups is 4. The van der Waals surface area contributed by atoms with Crippen molar-refractivity contribution in [3.8, 4) is 0 Å². The lowest BCUT2D eigenvalue weighted by Gasteiger charge is -2.40. The summed E-state index contributed by atoms with van der Waals surface area (Å²) in [7, 11) is 6.45. The van der Waals surface area contributed by atoms with Crippen molar-refractivity contribution in [1.82, 2.24) is 20.2 Å². The molecule has 128 valence electrons. The number of likely N-dealkylation sites (N-methyl/N-ethyl adjacent to an activating group) is 2. The number of imide groups is 2. The SMILES string of the molecule is CO/N=C(\C)C1(ONC(=O)N(C)C)C(=O)N(C)C(=O)N(C)C1=O. The van der Waals surface area contributed by atoms with Gasteiger partial charge in [0.05, 0.1) is 0 Å². The number of urea groups is 2. The van der Waals surface area contributed by atoms with E-state index in [-0.39, 0.29) is 5.71 Å². The summed E-state index contributed by atoms with van der Waals surface area (Å²) < 4.78 is 0. The third-order valence-corrected chi connectivity index (χ3v) is 3.22. The number of hydrogen-bond acceptors (Lipinski definition) is 7. The molecule has 0 bridgehead atoms. The number of carbonyl (C=O) groups excluding carboxylic acids is 4. The van der Waals surface area contributed by atoms with Crippen molar-refractivity contribution in [2.24, 2.45) is 5.16 Å². The topological polar surface area (TPSA) is 121 Å². The second kappa shape index (κ2) is 6.60. The molecule has 1 fully saturated rings. The van der Waals surface area contributed by atoms with Gasteiger partial charge in [-0.2, -0.15) is 0 Å². The van der Waals surface area contributed by atoms with Crippen molar-refractivity contribution in [1.29, 1.82) is 0 Å². The normalized spacial score (nSPS) is 18.2. The smallest absolute Gasteiger partial charge is 0.340 e. The molecule has 0 unspecified atom stereocenters. The molecule has 11 nitrogen and oxygen atoms in total. The fraction of sp³-hybridized carbons (Fsp3) is 0.583. The van der Waals surface area contributed by atoms with E-state index in [1.807, 2.05) is 5.48 Å². The first-order chi connectivity index (χ1) is 10.6. The maximum atomic E-state index is 12.5. The summed E-state index contributed by atoms with van der Waals surface area (Å²) in [6.45, 7) is 1.30. The fourth-order valence-electron chi connectivity index (χ4n) is 1.85. The number of nitrogens with zero attached hydrogens (tertiary/aromatic N) is 4. The molecule has 1 saturated heterocycles. The minimum atomic E-state index is -2.33. The van der Waals surface area contributed by atoms with Crippen LogP contribution >= 0.6 is 0 Å². The van der Waals surface area contributed by atoms with Crippen molar-refractivity contribution in [2.45, 2.75) is 12.5 Å². The minimum absolute atomic E-state index is 0.180. The maximum absolute atomic E-state index is 12.5. The van der Waals surface area contributed by atoms with E-state index >= 15 is 0 Å². The quantitative estimate of drug-likeness (QED) is 0.401. The molecule has 0 aromatic carbocycles. The van der Waals surface area contributed by atoms with E-state index in [4.69, 9.17) is 4.84 Å². The average Bonchev–Trinajstić information content (AvgIpc) is 2.51. The van der Waals surface area contributed by atoms with Crippen LogP contribution in [0.3, 0.4) is 0 Å². The third-order valence-electron chi connectivity index (χ3n) is 3.22. The van der Waals surface area contributed by atoms with Gasteiger partial charge in [-0.1, -0.05) is 5.16 Å². The van der Waals surface area contributed by atoms with Crippen molar-refractivity contribution in [2.75, 3.05) is 35.3 Å². The van der Waals surface area contributed by atoms with Crippen LogP contribution in [0.2, 0.25) is 0 Å². The van der Waals surface area contributed by atoms with E-state index in [1.165, 1.54) is 42.2 Å². The number of hydrogen-bond donors (Lipinski definition) is 1. The van der Waals surface area contributed by atoms with Gasteiger partial charge in [-0.3, -0.25) is 19.4 Å². The number of rotatable bonds is 4. The van der Waals surface area contributed by atoms with Gasteiger partial charge in [-0.25, -0.2) is 19.9 Å². The van der Waals surface area contributed by atoms with E-state index < -0.39 is 29.5 Å². The first-order valence-electron chi connectivity index (χ1n) is 6.45. The van der Waals surface area contributed by atoms with Gasteiger partial charge >= 0.3 is 12.1 Å². The number of barbiturate groups is 1. The Morgan fingerprint density at radius 3 is 2.04 bits per heavy atom. The molecule has 0 spiro atoms. The predicted octanol–water partition coefficient (Wildman–Crippen LogP) is -0.999. The van der Waals surface area contributed by atoms with Crippen LogP contribution in [-0.4, -0.2) is 85.2 Å². The van der Waals surface area contributed by atoms with Gasteiger partial charge in [0.25, 0.3) is 17.4 Å². The molecule has 0 radical (unpaired) electrons. The molecule has 1 rings (SSSR count). The molecule has 0 aromatic heterocycles. The van der Waals surface area contributed by atoms with Crippen LogP contribution in [0.15, 0.2) is 5.16 Å². The van der Waals surface area contributed by atoms with E-state index in [9.17, 15) is 19.2 Å².